The predicted molar refractivity (Wildman–Crippen MR) is 121 cm³/mol. The number of carbonyl (C=O) groups excluding carboxylic acids is 3. The van der Waals surface area contributed by atoms with Gasteiger partial charge in [-0.15, -0.1) is 0 Å². The van der Waals surface area contributed by atoms with Gasteiger partial charge in [0.05, 0.1) is 6.54 Å². The molecule has 2 aromatic rings. The zero-order valence-corrected chi connectivity index (χ0v) is 18.5. The number of amides is 3. The summed E-state index contributed by atoms with van der Waals surface area (Å²) < 4.78 is 0. The molecule has 2 N–H and O–H groups in total. The van der Waals surface area contributed by atoms with Crippen molar-refractivity contribution in [3.63, 3.8) is 0 Å². The highest BCUT2D eigenvalue weighted by Gasteiger charge is 2.25. The van der Waals surface area contributed by atoms with E-state index in [1.54, 1.807) is 24.3 Å². The Bertz CT molecular complexity index is 909. The lowest BCUT2D eigenvalue weighted by Gasteiger charge is -2.32. The SMILES string of the molecule is CC(C)(C)c1ccc(C(=O)N2CCC(NC(=O)CNC(=O)c3ccccc3)CC2)cc1. The highest BCUT2D eigenvalue weighted by atomic mass is 16.2. The molecule has 1 fully saturated rings. The number of carbonyl (C=O) groups is 3. The van der Waals surface area contributed by atoms with Crippen LogP contribution >= 0.6 is 0 Å². The lowest BCUT2D eigenvalue weighted by molar-refractivity contribution is -0.121. The molecule has 3 rings (SSSR count). The fraction of sp³-hybridized carbons (Fsp3) is 0.400. The predicted octanol–water partition coefficient (Wildman–Crippen LogP) is 3.13. The number of hydrogen-bond acceptors (Lipinski definition) is 3. The first-order chi connectivity index (χ1) is 14.7. The van der Waals surface area contributed by atoms with Crippen LogP contribution in [-0.2, 0) is 10.2 Å². The summed E-state index contributed by atoms with van der Waals surface area (Å²) in [6.07, 6.45) is 1.40. The summed E-state index contributed by atoms with van der Waals surface area (Å²) >= 11 is 0. The number of nitrogens with zero attached hydrogens (tertiary/aromatic N) is 1. The molecule has 6 nitrogen and oxygen atoms in total. The summed E-state index contributed by atoms with van der Waals surface area (Å²) in [6, 6.07) is 16.6. The van der Waals surface area contributed by atoms with E-state index in [2.05, 4.69) is 31.4 Å². The van der Waals surface area contributed by atoms with Crippen molar-refractivity contribution in [3.8, 4) is 0 Å². The third kappa shape index (κ3) is 6.17. The first-order valence-corrected chi connectivity index (χ1v) is 10.8. The zero-order chi connectivity index (χ0) is 22.4. The van der Waals surface area contributed by atoms with Gasteiger partial charge in [0.2, 0.25) is 5.91 Å². The van der Waals surface area contributed by atoms with Crippen molar-refractivity contribution in [2.24, 2.45) is 0 Å². The summed E-state index contributed by atoms with van der Waals surface area (Å²) in [4.78, 5) is 38.9. The second kappa shape index (κ2) is 9.77. The van der Waals surface area contributed by atoms with E-state index >= 15 is 0 Å². The van der Waals surface area contributed by atoms with E-state index in [1.807, 2.05) is 35.2 Å². The van der Waals surface area contributed by atoms with Crippen LogP contribution in [0.1, 0.15) is 59.9 Å². The van der Waals surface area contributed by atoms with Gasteiger partial charge in [-0.3, -0.25) is 14.4 Å². The molecular formula is C25H31N3O3. The number of likely N-dealkylation sites (tertiary alicyclic amines) is 1. The lowest BCUT2D eigenvalue weighted by atomic mass is 9.86. The molecule has 6 heteroatoms. The summed E-state index contributed by atoms with van der Waals surface area (Å²) in [5, 5.41) is 5.59. The third-order valence-corrected chi connectivity index (χ3v) is 5.59. The molecule has 0 aliphatic carbocycles. The molecule has 31 heavy (non-hydrogen) atoms. The van der Waals surface area contributed by atoms with E-state index in [1.165, 1.54) is 5.56 Å². The van der Waals surface area contributed by atoms with Crippen LogP contribution in [0.2, 0.25) is 0 Å². The summed E-state index contributed by atoms with van der Waals surface area (Å²) in [5.41, 5.74) is 2.47. The van der Waals surface area contributed by atoms with Gasteiger partial charge >= 0.3 is 0 Å². The number of nitrogens with one attached hydrogen (secondary N) is 2. The molecule has 0 aromatic heterocycles. The van der Waals surface area contributed by atoms with Gasteiger partial charge in [0.1, 0.15) is 0 Å². The molecule has 1 saturated heterocycles. The Morgan fingerprint density at radius 1 is 0.903 bits per heavy atom. The Balaban J connectivity index is 1.43. The number of hydrogen-bond donors (Lipinski definition) is 2. The van der Waals surface area contributed by atoms with Crippen molar-refractivity contribution in [2.45, 2.75) is 45.1 Å². The van der Waals surface area contributed by atoms with Crippen molar-refractivity contribution < 1.29 is 14.4 Å². The van der Waals surface area contributed by atoms with E-state index < -0.39 is 0 Å². The Labute approximate surface area is 184 Å². The standard InChI is InChI=1S/C25H31N3O3/c1-25(2,3)20-11-9-19(10-12-20)24(31)28-15-13-21(14-16-28)27-22(29)17-26-23(30)18-7-5-4-6-8-18/h4-12,21H,13-17H2,1-3H3,(H,26,30)(H,27,29). The van der Waals surface area contributed by atoms with E-state index in [0.717, 1.165) is 0 Å². The van der Waals surface area contributed by atoms with Crippen LogP contribution in [0.5, 0.6) is 0 Å². The minimum Gasteiger partial charge on any atom is -0.352 e. The van der Waals surface area contributed by atoms with Crippen LogP contribution in [0.25, 0.3) is 0 Å². The Morgan fingerprint density at radius 3 is 2.10 bits per heavy atom. The van der Waals surface area contributed by atoms with E-state index in [4.69, 9.17) is 0 Å². The zero-order valence-electron chi connectivity index (χ0n) is 18.5. The molecule has 0 spiro atoms. The molecule has 2 aromatic carbocycles. The Kier molecular flexibility index (Phi) is 7.10. The minimum atomic E-state index is -0.270. The highest BCUT2D eigenvalue weighted by molar-refractivity contribution is 5.96. The summed E-state index contributed by atoms with van der Waals surface area (Å²) in [7, 11) is 0. The van der Waals surface area contributed by atoms with Crippen molar-refractivity contribution >= 4 is 17.7 Å². The second-order valence-electron chi connectivity index (χ2n) is 9.01. The molecule has 3 amide bonds. The summed E-state index contributed by atoms with van der Waals surface area (Å²) in [6.45, 7) is 7.58. The van der Waals surface area contributed by atoms with Gasteiger partial charge < -0.3 is 15.5 Å². The van der Waals surface area contributed by atoms with Gasteiger partial charge in [0.25, 0.3) is 11.8 Å². The maximum Gasteiger partial charge on any atom is 0.253 e. The van der Waals surface area contributed by atoms with Crippen molar-refractivity contribution in [1.29, 1.82) is 0 Å². The lowest BCUT2D eigenvalue weighted by Crippen LogP contribution is -2.48. The second-order valence-corrected chi connectivity index (χ2v) is 9.01. The van der Waals surface area contributed by atoms with Gasteiger partial charge in [-0.05, 0) is 48.1 Å². The van der Waals surface area contributed by atoms with Gasteiger partial charge in [-0.1, -0.05) is 51.1 Å². The molecule has 0 atom stereocenters. The van der Waals surface area contributed by atoms with Crippen LogP contribution in [0.15, 0.2) is 54.6 Å². The molecule has 0 bridgehead atoms. The molecule has 1 heterocycles. The molecule has 0 radical (unpaired) electrons. The quantitative estimate of drug-likeness (QED) is 0.779. The maximum absolute atomic E-state index is 12.8. The number of benzene rings is 2. The average molecular weight is 422 g/mol. The van der Waals surface area contributed by atoms with Gasteiger partial charge in [-0.25, -0.2) is 0 Å². The van der Waals surface area contributed by atoms with Crippen LogP contribution in [0.4, 0.5) is 0 Å². The molecular weight excluding hydrogens is 390 g/mol. The van der Waals surface area contributed by atoms with Gasteiger partial charge in [0.15, 0.2) is 0 Å². The molecule has 1 aliphatic heterocycles. The fourth-order valence-electron chi connectivity index (χ4n) is 3.65. The molecule has 0 unspecified atom stereocenters. The van der Waals surface area contributed by atoms with Crippen molar-refractivity contribution in [3.05, 3.63) is 71.3 Å². The van der Waals surface area contributed by atoms with Crippen LogP contribution in [0.3, 0.4) is 0 Å². The topological polar surface area (TPSA) is 78.5 Å². The van der Waals surface area contributed by atoms with Gasteiger partial charge in [0, 0.05) is 30.3 Å². The largest absolute Gasteiger partial charge is 0.352 e. The first kappa shape index (κ1) is 22.5. The monoisotopic (exact) mass is 421 g/mol. The van der Waals surface area contributed by atoms with Crippen LogP contribution in [-0.4, -0.2) is 48.3 Å². The minimum absolute atomic E-state index is 0.00782. The maximum atomic E-state index is 12.8. The average Bonchev–Trinajstić information content (AvgIpc) is 2.77. The van der Waals surface area contributed by atoms with Gasteiger partial charge in [-0.2, -0.15) is 0 Å². The molecule has 1 aliphatic rings. The Hall–Kier alpha value is -3.15. The van der Waals surface area contributed by atoms with Crippen molar-refractivity contribution in [1.82, 2.24) is 15.5 Å². The Morgan fingerprint density at radius 2 is 1.52 bits per heavy atom. The first-order valence-electron chi connectivity index (χ1n) is 10.8. The molecule has 164 valence electrons. The van der Waals surface area contributed by atoms with Crippen LogP contribution < -0.4 is 10.6 Å². The smallest absolute Gasteiger partial charge is 0.253 e. The highest BCUT2D eigenvalue weighted by Crippen LogP contribution is 2.23. The number of rotatable bonds is 5. The van der Waals surface area contributed by atoms with Crippen LogP contribution in [0, 0.1) is 0 Å². The fourth-order valence-corrected chi connectivity index (χ4v) is 3.65. The van der Waals surface area contributed by atoms with E-state index in [-0.39, 0.29) is 35.7 Å². The van der Waals surface area contributed by atoms with E-state index in [0.29, 0.717) is 37.1 Å². The third-order valence-electron chi connectivity index (χ3n) is 5.59. The summed E-state index contributed by atoms with van der Waals surface area (Å²) in [5.74, 6) is -0.458. The van der Waals surface area contributed by atoms with Crippen molar-refractivity contribution in [2.75, 3.05) is 19.6 Å². The normalized spacial score (nSPS) is 14.7. The molecule has 0 saturated carbocycles. The number of piperidine rings is 1. The van der Waals surface area contributed by atoms with E-state index in [9.17, 15) is 14.4 Å².